The van der Waals surface area contributed by atoms with Gasteiger partial charge in [0.2, 0.25) is 0 Å². The first kappa shape index (κ1) is 10.7. The van der Waals surface area contributed by atoms with Gasteiger partial charge in [-0.1, -0.05) is 24.9 Å². The Hall–Kier alpha value is -0.380. The van der Waals surface area contributed by atoms with Gasteiger partial charge in [-0.25, -0.2) is 0 Å². The Kier molecular flexibility index (Phi) is 4.42. The molecule has 0 aromatic heterocycles. The van der Waals surface area contributed by atoms with E-state index in [9.17, 15) is 0 Å². The SMILES string of the molecule is CC(CC(N)=NO)SC1CCCC1. The Morgan fingerprint density at radius 2 is 2.23 bits per heavy atom. The molecule has 0 saturated heterocycles. The van der Waals surface area contributed by atoms with Crippen molar-refractivity contribution < 1.29 is 5.21 Å². The van der Waals surface area contributed by atoms with E-state index in [0.29, 0.717) is 17.5 Å². The molecule has 1 rings (SSSR count). The van der Waals surface area contributed by atoms with E-state index >= 15 is 0 Å². The van der Waals surface area contributed by atoms with Crippen molar-refractivity contribution in [2.45, 2.75) is 49.5 Å². The summed E-state index contributed by atoms with van der Waals surface area (Å²) >= 11 is 1.98. The first-order chi connectivity index (χ1) is 6.22. The van der Waals surface area contributed by atoms with Crippen LogP contribution in [0.25, 0.3) is 0 Å². The Balaban J connectivity index is 2.20. The van der Waals surface area contributed by atoms with Gasteiger partial charge in [0.05, 0.1) is 0 Å². The summed E-state index contributed by atoms with van der Waals surface area (Å²) in [4.78, 5) is 0. The molecule has 0 aromatic carbocycles. The zero-order chi connectivity index (χ0) is 9.68. The normalized spacial score (nSPS) is 22.1. The average molecular weight is 202 g/mol. The van der Waals surface area contributed by atoms with Gasteiger partial charge in [-0.05, 0) is 12.8 Å². The zero-order valence-electron chi connectivity index (χ0n) is 8.07. The van der Waals surface area contributed by atoms with Gasteiger partial charge in [-0.2, -0.15) is 11.8 Å². The van der Waals surface area contributed by atoms with Crippen LogP contribution in [-0.4, -0.2) is 21.5 Å². The number of nitrogens with zero attached hydrogens (tertiary/aromatic N) is 1. The van der Waals surface area contributed by atoms with E-state index in [4.69, 9.17) is 10.9 Å². The lowest BCUT2D eigenvalue weighted by Crippen LogP contribution is -2.18. The molecule has 0 amide bonds. The number of hydrogen-bond donors (Lipinski definition) is 2. The second-order valence-corrected chi connectivity index (χ2v) is 5.39. The van der Waals surface area contributed by atoms with E-state index in [2.05, 4.69) is 12.1 Å². The van der Waals surface area contributed by atoms with Crippen LogP contribution < -0.4 is 5.73 Å². The van der Waals surface area contributed by atoms with Crippen LogP contribution in [-0.2, 0) is 0 Å². The molecular formula is C9H18N2OS. The summed E-state index contributed by atoms with van der Waals surface area (Å²) in [6.07, 6.45) is 6.11. The van der Waals surface area contributed by atoms with Gasteiger partial charge in [-0.15, -0.1) is 0 Å². The highest BCUT2D eigenvalue weighted by molar-refractivity contribution is 8.00. The molecule has 13 heavy (non-hydrogen) atoms. The summed E-state index contributed by atoms with van der Waals surface area (Å²) in [7, 11) is 0. The van der Waals surface area contributed by atoms with Crippen molar-refractivity contribution in [3.8, 4) is 0 Å². The highest BCUT2D eigenvalue weighted by atomic mass is 32.2. The lowest BCUT2D eigenvalue weighted by atomic mass is 10.3. The molecule has 3 N–H and O–H groups in total. The number of thioether (sulfide) groups is 1. The molecule has 1 atom stereocenters. The van der Waals surface area contributed by atoms with Gasteiger partial charge in [0.15, 0.2) is 0 Å². The summed E-state index contributed by atoms with van der Waals surface area (Å²) in [5.74, 6) is 0.345. The maximum Gasteiger partial charge on any atom is 0.140 e. The van der Waals surface area contributed by atoms with Crippen LogP contribution in [0.3, 0.4) is 0 Å². The van der Waals surface area contributed by atoms with Crippen molar-refractivity contribution in [1.82, 2.24) is 0 Å². The molecule has 0 bridgehead atoms. The molecular weight excluding hydrogens is 184 g/mol. The molecule has 3 nitrogen and oxygen atoms in total. The van der Waals surface area contributed by atoms with Gasteiger partial charge < -0.3 is 10.9 Å². The standard InChI is InChI=1S/C9H18N2OS/c1-7(6-9(10)11-12)13-8-4-2-3-5-8/h7-8,12H,2-6H2,1H3,(H2,10,11). The molecule has 1 saturated carbocycles. The number of amidine groups is 1. The molecule has 0 radical (unpaired) electrons. The van der Waals surface area contributed by atoms with Crippen molar-refractivity contribution in [1.29, 1.82) is 0 Å². The summed E-state index contributed by atoms with van der Waals surface area (Å²) < 4.78 is 0. The highest BCUT2D eigenvalue weighted by Gasteiger charge is 2.18. The molecule has 1 fully saturated rings. The zero-order valence-corrected chi connectivity index (χ0v) is 8.89. The van der Waals surface area contributed by atoms with Gasteiger partial charge in [0.1, 0.15) is 5.84 Å². The van der Waals surface area contributed by atoms with E-state index in [-0.39, 0.29) is 0 Å². The van der Waals surface area contributed by atoms with Crippen molar-refractivity contribution in [3.05, 3.63) is 0 Å². The Bertz CT molecular complexity index is 178. The van der Waals surface area contributed by atoms with Crippen LogP contribution in [0.2, 0.25) is 0 Å². The van der Waals surface area contributed by atoms with Gasteiger partial charge in [-0.3, -0.25) is 0 Å². The molecule has 0 heterocycles. The fourth-order valence-electron chi connectivity index (χ4n) is 1.74. The minimum absolute atomic E-state index is 0.345. The van der Waals surface area contributed by atoms with Gasteiger partial charge >= 0.3 is 0 Å². The monoisotopic (exact) mass is 202 g/mol. The first-order valence-corrected chi connectivity index (χ1v) is 5.78. The minimum Gasteiger partial charge on any atom is -0.409 e. The molecule has 4 heteroatoms. The molecule has 1 aliphatic rings. The second-order valence-electron chi connectivity index (χ2n) is 3.65. The molecule has 0 spiro atoms. The summed E-state index contributed by atoms with van der Waals surface area (Å²) in [6, 6.07) is 0. The maximum atomic E-state index is 8.40. The third-order valence-electron chi connectivity index (χ3n) is 2.35. The van der Waals surface area contributed by atoms with Gasteiger partial charge in [0, 0.05) is 16.9 Å². The number of rotatable bonds is 4. The second kappa shape index (κ2) is 5.37. The number of oxime groups is 1. The number of nitrogens with two attached hydrogens (primary N) is 1. The van der Waals surface area contributed by atoms with Crippen LogP contribution in [0.1, 0.15) is 39.0 Å². The fourth-order valence-corrected chi connectivity index (χ4v) is 3.27. The fraction of sp³-hybridized carbons (Fsp3) is 0.889. The van der Waals surface area contributed by atoms with E-state index in [0.717, 1.165) is 5.25 Å². The summed E-state index contributed by atoms with van der Waals surface area (Å²) in [5.41, 5.74) is 5.43. The predicted octanol–water partition coefficient (Wildman–Crippen LogP) is 2.19. The Morgan fingerprint density at radius 1 is 1.62 bits per heavy atom. The molecule has 76 valence electrons. The first-order valence-electron chi connectivity index (χ1n) is 4.84. The Morgan fingerprint density at radius 3 is 2.77 bits per heavy atom. The third-order valence-corrected chi connectivity index (χ3v) is 3.84. The molecule has 0 aromatic rings. The summed E-state index contributed by atoms with van der Waals surface area (Å²) in [6.45, 7) is 2.14. The molecule has 0 aliphatic heterocycles. The van der Waals surface area contributed by atoms with Crippen LogP contribution in [0.4, 0.5) is 0 Å². The molecule has 1 aliphatic carbocycles. The topological polar surface area (TPSA) is 58.6 Å². The van der Waals surface area contributed by atoms with Crippen LogP contribution in [0.5, 0.6) is 0 Å². The van der Waals surface area contributed by atoms with Crippen LogP contribution in [0.15, 0.2) is 5.16 Å². The summed E-state index contributed by atoms with van der Waals surface area (Å²) in [5, 5.41) is 12.7. The van der Waals surface area contributed by atoms with Crippen molar-refractivity contribution in [2.24, 2.45) is 10.9 Å². The van der Waals surface area contributed by atoms with E-state index < -0.39 is 0 Å². The van der Waals surface area contributed by atoms with Crippen LogP contribution >= 0.6 is 11.8 Å². The highest BCUT2D eigenvalue weighted by Crippen LogP contribution is 2.32. The van der Waals surface area contributed by atoms with E-state index in [1.54, 1.807) is 0 Å². The van der Waals surface area contributed by atoms with E-state index in [1.807, 2.05) is 11.8 Å². The molecule has 1 unspecified atom stereocenters. The minimum atomic E-state index is 0.345. The smallest absolute Gasteiger partial charge is 0.140 e. The number of hydrogen-bond acceptors (Lipinski definition) is 3. The average Bonchev–Trinajstić information content (AvgIpc) is 2.56. The van der Waals surface area contributed by atoms with Gasteiger partial charge in [0.25, 0.3) is 0 Å². The lowest BCUT2D eigenvalue weighted by Gasteiger charge is -2.14. The van der Waals surface area contributed by atoms with Crippen molar-refractivity contribution in [2.75, 3.05) is 0 Å². The quantitative estimate of drug-likeness (QED) is 0.318. The van der Waals surface area contributed by atoms with E-state index in [1.165, 1.54) is 25.7 Å². The predicted molar refractivity (Wildman–Crippen MR) is 57.3 cm³/mol. The maximum absolute atomic E-state index is 8.40. The van der Waals surface area contributed by atoms with Crippen molar-refractivity contribution >= 4 is 17.6 Å². The third kappa shape index (κ3) is 3.89. The lowest BCUT2D eigenvalue weighted by molar-refractivity contribution is 0.317. The van der Waals surface area contributed by atoms with Crippen LogP contribution in [0, 0.1) is 0 Å². The Labute approximate surface area is 83.8 Å². The van der Waals surface area contributed by atoms with Crippen molar-refractivity contribution in [3.63, 3.8) is 0 Å². The largest absolute Gasteiger partial charge is 0.409 e.